The van der Waals surface area contributed by atoms with E-state index in [9.17, 15) is 18.0 Å². The van der Waals surface area contributed by atoms with Gasteiger partial charge in [-0.05, 0) is 24.6 Å². The van der Waals surface area contributed by atoms with Crippen molar-refractivity contribution in [3.8, 4) is 0 Å². The number of hydrogen-bond donors (Lipinski definition) is 0. The average Bonchev–Trinajstić information content (AvgIpc) is 3.00. The second kappa shape index (κ2) is 8.44. The molecule has 0 unspecified atom stereocenters. The van der Waals surface area contributed by atoms with Gasteiger partial charge in [0, 0.05) is 49.1 Å². The molecule has 8 heteroatoms. The fraction of sp³-hybridized carbons (Fsp3) is 0.524. The van der Waals surface area contributed by atoms with Crippen LogP contribution in [0.4, 0.5) is 13.2 Å². The standard InChI is InChI=1S/C21H26F3N3OS/c1-20(2,3)19-25-17(14-29-19)13-26-8-5-9-27(11-10-26)18(28)15-6-4-7-16(12-15)21(22,23)24/h4,6-7,12,14H,5,8-11,13H2,1-3H3. The lowest BCUT2D eigenvalue weighted by Crippen LogP contribution is -2.35. The zero-order valence-corrected chi connectivity index (χ0v) is 17.7. The van der Waals surface area contributed by atoms with E-state index in [-0.39, 0.29) is 16.9 Å². The Labute approximate surface area is 173 Å². The van der Waals surface area contributed by atoms with Crippen LogP contribution in [0.2, 0.25) is 0 Å². The van der Waals surface area contributed by atoms with Gasteiger partial charge in [-0.1, -0.05) is 26.8 Å². The largest absolute Gasteiger partial charge is 0.416 e. The van der Waals surface area contributed by atoms with Crippen molar-refractivity contribution in [2.75, 3.05) is 26.2 Å². The van der Waals surface area contributed by atoms with Gasteiger partial charge in [-0.3, -0.25) is 9.69 Å². The van der Waals surface area contributed by atoms with Gasteiger partial charge in [-0.2, -0.15) is 13.2 Å². The average molecular weight is 426 g/mol. The molecular weight excluding hydrogens is 399 g/mol. The smallest absolute Gasteiger partial charge is 0.337 e. The molecule has 158 valence electrons. The zero-order valence-electron chi connectivity index (χ0n) is 16.9. The summed E-state index contributed by atoms with van der Waals surface area (Å²) in [6.07, 6.45) is -3.67. The molecule has 1 aliphatic rings. The molecule has 3 rings (SSSR count). The number of amides is 1. The van der Waals surface area contributed by atoms with E-state index in [0.717, 1.165) is 42.3 Å². The van der Waals surface area contributed by atoms with Gasteiger partial charge < -0.3 is 4.90 Å². The van der Waals surface area contributed by atoms with E-state index in [0.29, 0.717) is 19.6 Å². The van der Waals surface area contributed by atoms with Crippen LogP contribution in [-0.4, -0.2) is 46.9 Å². The number of halogens is 3. The molecular formula is C21H26F3N3OS. The summed E-state index contributed by atoms with van der Waals surface area (Å²) in [4.78, 5) is 21.4. The summed E-state index contributed by atoms with van der Waals surface area (Å²) in [7, 11) is 0. The molecule has 0 N–H and O–H groups in total. The summed E-state index contributed by atoms with van der Waals surface area (Å²) in [5.41, 5.74) is 0.341. The van der Waals surface area contributed by atoms with Crippen molar-refractivity contribution in [1.82, 2.24) is 14.8 Å². The van der Waals surface area contributed by atoms with E-state index in [2.05, 4.69) is 31.1 Å². The molecule has 29 heavy (non-hydrogen) atoms. The number of carbonyl (C=O) groups is 1. The molecule has 2 aromatic rings. The number of aromatic nitrogens is 1. The molecule has 1 aromatic carbocycles. The maximum Gasteiger partial charge on any atom is 0.416 e. The van der Waals surface area contributed by atoms with Crippen LogP contribution < -0.4 is 0 Å². The van der Waals surface area contributed by atoms with Crippen molar-refractivity contribution >= 4 is 17.2 Å². The highest BCUT2D eigenvalue weighted by molar-refractivity contribution is 7.09. The van der Waals surface area contributed by atoms with Crippen molar-refractivity contribution < 1.29 is 18.0 Å². The normalized spacial score (nSPS) is 16.7. The number of hydrogen-bond acceptors (Lipinski definition) is 4. The van der Waals surface area contributed by atoms with Crippen LogP contribution in [0.5, 0.6) is 0 Å². The van der Waals surface area contributed by atoms with E-state index >= 15 is 0 Å². The molecule has 0 radical (unpaired) electrons. The molecule has 0 bridgehead atoms. The Bertz CT molecular complexity index is 857. The summed E-state index contributed by atoms with van der Waals surface area (Å²) in [6, 6.07) is 4.66. The predicted molar refractivity (Wildman–Crippen MR) is 108 cm³/mol. The van der Waals surface area contributed by atoms with Crippen LogP contribution in [0.1, 0.15) is 53.8 Å². The van der Waals surface area contributed by atoms with E-state index in [1.54, 1.807) is 16.2 Å². The maximum absolute atomic E-state index is 12.9. The monoisotopic (exact) mass is 425 g/mol. The molecule has 1 fully saturated rings. The van der Waals surface area contributed by atoms with Crippen LogP contribution in [0, 0.1) is 0 Å². The molecule has 0 aliphatic carbocycles. The lowest BCUT2D eigenvalue weighted by atomic mass is 9.98. The Morgan fingerprint density at radius 1 is 1.14 bits per heavy atom. The first-order valence-corrected chi connectivity index (χ1v) is 10.6. The van der Waals surface area contributed by atoms with Gasteiger partial charge in [-0.25, -0.2) is 4.98 Å². The van der Waals surface area contributed by atoms with Crippen LogP contribution in [0.3, 0.4) is 0 Å². The summed E-state index contributed by atoms with van der Waals surface area (Å²) in [5.74, 6) is -0.346. The minimum atomic E-state index is -4.45. The third kappa shape index (κ3) is 5.57. The highest BCUT2D eigenvalue weighted by atomic mass is 32.1. The van der Waals surface area contributed by atoms with Crippen LogP contribution in [-0.2, 0) is 18.1 Å². The van der Waals surface area contributed by atoms with Crippen LogP contribution in [0.15, 0.2) is 29.6 Å². The quantitative estimate of drug-likeness (QED) is 0.708. The number of benzene rings is 1. The third-order valence-corrected chi connectivity index (χ3v) is 6.21. The van der Waals surface area contributed by atoms with Gasteiger partial charge >= 0.3 is 6.18 Å². The second-order valence-electron chi connectivity index (χ2n) is 8.39. The highest BCUT2D eigenvalue weighted by Gasteiger charge is 2.31. The van der Waals surface area contributed by atoms with Gasteiger partial charge in [0.1, 0.15) is 0 Å². The highest BCUT2D eigenvalue weighted by Crippen LogP contribution is 2.30. The van der Waals surface area contributed by atoms with Crippen molar-refractivity contribution in [2.45, 2.75) is 45.3 Å². The molecule has 0 saturated carbocycles. The van der Waals surface area contributed by atoms with Crippen LogP contribution in [0.25, 0.3) is 0 Å². The predicted octanol–water partition coefficient (Wildman–Crippen LogP) is 4.81. The topological polar surface area (TPSA) is 36.4 Å². The second-order valence-corrected chi connectivity index (χ2v) is 9.25. The minimum absolute atomic E-state index is 0.0237. The third-order valence-electron chi connectivity index (χ3n) is 4.89. The summed E-state index contributed by atoms with van der Waals surface area (Å²) in [5, 5.41) is 3.18. The molecule has 0 atom stereocenters. The maximum atomic E-state index is 12.9. The lowest BCUT2D eigenvalue weighted by Gasteiger charge is -2.22. The lowest BCUT2D eigenvalue weighted by molar-refractivity contribution is -0.137. The van der Waals surface area contributed by atoms with E-state index in [1.165, 1.54) is 12.1 Å². The Kier molecular flexibility index (Phi) is 6.33. The van der Waals surface area contributed by atoms with Gasteiger partial charge in [-0.15, -0.1) is 11.3 Å². The molecule has 1 aromatic heterocycles. The number of alkyl halides is 3. The van der Waals surface area contributed by atoms with Crippen LogP contribution >= 0.6 is 11.3 Å². The van der Waals surface area contributed by atoms with Crippen molar-refractivity contribution in [3.05, 3.63) is 51.5 Å². The first kappa shape index (κ1) is 21.8. The zero-order chi connectivity index (χ0) is 21.2. The SMILES string of the molecule is CC(C)(C)c1nc(CN2CCCN(C(=O)c3cccc(C(F)(F)F)c3)CC2)cs1. The van der Waals surface area contributed by atoms with Gasteiger partial charge in [0.25, 0.3) is 5.91 Å². The Morgan fingerprint density at radius 2 is 1.90 bits per heavy atom. The molecule has 1 amide bonds. The fourth-order valence-electron chi connectivity index (χ4n) is 3.30. The number of rotatable bonds is 3. The minimum Gasteiger partial charge on any atom is -0.337 e. The molecule has 2 heterocycles. The Morgan fingerprint density at radius 3 is 2.55 bits per heavy atom. The van der Waals surface area contributed by atoms with Gasteiger partial charge in [0.05, 0.1) is 16.3 Å². The summed E-state index contributed by atoms with van der Waals surface area (Å²) >= 11 is 1.66. The first-order chi connectivity index (χ1) is 13.5. The number of carbonyl (C=O) groups excluding carboxylic acids is 1. The Hall–Kier alpha value is -1.93. The molecule has 4 nitrogen and oxygen atoms in total. The number of thiazole rings is 1. The summed E-state index contributed by atoms with van der Waals surface area (Å²) < 4.78 is 38.8. The first-order valence-electron chi connectivity index (χ1n) is 9.68. The van der Waals surface area contributed by atoms with Crippen molar-refractivity contribution in [2.24, 2.45) is 0 Å². The summed E-state index contributed by atoms with van der Waals surface area (Å²) in [6.45, 7) is 9.66. The van der Waals surface area contributed by atoms with Crippen molar-refractivity contribution in [1.29, 1.82) is 0 Å². The molecule has 0 spiro atoms. The van der Waals surface area contributed by atoms with Gasteiger partial charge in [0.15, 0.2) is 0 Å². The van der Waals surface area contributed by atoms with E-state index in [1.807, 2.05) is 0 Å². The Balaban J connectivity index is 1.62. The number of nitrogens with zero attached hydrogens (tertiary/aromatic N) is 3. The van der Waals surface area contributed by atoms with Gasteiger partial charge in [0.2, 0.25) is 0 Å². The van der Waals surface area contributed by atoms with E-state index in [4.69, 9.17) is 4.98 Å². The van der Waals surface area contributed by atoms with Crippen molar-refractivity contribution in [3.63, 3.8) is 0 Å². The molecule has 1 aliphatic heterocycles. The van der Waals surface area contributed by atoms with E-state index < -0.39 is 11.7 Å². The fourth-order valence-corrected chi connectivity index (χ4v) is 4.19. The molecule has 1 saturated heterocycles.